The summed E-state index contributed by atoms with van der Waals surface area (Å²) in [7, 11) is 0. The third-order valence-corrected chi connectivity index (χ3v) is 6.71. The highest BCUT2D eigenvalue weighted by Gasteiger charge is 2.33. The fourth-order valence-corrected chi connectivity index (χ4v) is 4.84. The number of benzene rings is 2. The third-order valence-electron chi connectivity index (χ3n) is 5.33. The van der Waals surface area contributed by atoms with Crippen LogP contribution in [0.2, 0.25) is 0 Å². The molecule has 2 aromatic carbocycles. The lowest BCUT2D eigenvalue weighted by molar-refractivity contribution is -0.137. The summed E-state index contributed by atoms with van der Waals surface area (Å²) in [6.45, 7) is 2.89. The zero-order valence-corrected chi connectivity index (χ0v) is 19.0. The van der Waals surface area contributed by atoms with E-state index >= 15 is 0 Å². The van der Waals surface area contributed by atoms with Crippen molar-refractivity contribution in [1.29, 1.82) is 0 Å². The molecule has 2 saturated heterocycles. The van der Waals surface area contributed by atoms with Crippen molar-refractivity contribution in [3.8, 4) is 0 Å². The van der Waals surface area contributed by atoms with Gasteiger partial charge >= 0.3 is 6.18 Å². The van der Waals surface area contributed by atoms with Crippen molar-refractivity contribution in [2.75, 3.05) is 26.2 Å². The highest BCUT2D eigenvalue weighted by atomic mass is 32.2. The minimum Gasteiger partial charge on any atom is -0.336 e. The Bertz CT molecular complexity index is 1110. The van der Waals surface area contributed by atoms with Gasteiger partial charge in [-0.25, -0.2) is 0 Å². The van der Waals surface area contributed by atoms with E-state index in [4.69, 9.17) is 12.2 Å². The number of thioether (sulfide) groups is 1. The van der Waals surface area contributed by atoms with Gasteiger partial charge in [-0.1, -0.05) is 48.2 Å². The lowest BCUT2D eigenvalue weighted by atomic mass is 10.1. The second-order valence-corrected chi connectivity index (χ2v) is 9.31. The van der Waals surface area contributed by atoms with Crippen LogP contribution in [0.4, 0.5) is 13.2 Å². The minimum atomic E-state index is -4.41. The number of thiocarbonyl (C=S) groups is 1. The molecule has 2 aromatic rings. The van der Waals surface area contributed by atoms with Crippen molar-refractivity contribution in [3.63, 3.8) is 0 Å². The molecule has 0 atom stereocenters. The number of nitrogens with zero attached hydrogens (tertiary/aromatic N) is 2. The molecular formula is C23H20F3N3O2S2. The molecule has 2 aliphatic heterocycles. The van der Waals surface area contributed by atoms with Crippen LogP contribution in [0.1, 0.15) is 27.0 Å². The van der Waals surface area contributed by atoms with Crippen molar-refractivity contribution in [1.82, 2.24) is 15.1 Å². The Kier molecular flexibility index (Phi) is 6.87. The van der Waals surface area contributed by atoms with Gasteiger partial charge in [-0.05, 0) is 41.5 Å². The Morgan fingerprint density at radius 2 is 1.82 bits per heavy atom. The monoisotopic (exact) mass is 491 g/mol. The summed E-state index contributed by atoms with van der Waals surface area (Å²) in [5, 5.41) is 3.21. The van der Waals surface area contributed by atoms with Crippen LogP contribution in [-0.4, -0.2) is 52.1 Å². The summed E-state index contributed by atoms with van der Waals surface area (Å²) in [5.74, 6) is -0.370. The van der Waals surface area contributed by atoms with E-state index in [0.717, 1.165) is 37.0 Å². The first kappa shape index (κ1) is 23.5. The number of piperazine rings is 1. The number of nitrogens with one attached hydrogen (secondary N) is 1. The van der Waals surface area contributed by atoms with Gasteiger partial charge in [0, 0.05) is 31.7 Å². The Hall–Kier alpha value is -2.69. The number of carbonyl (C=O) groups excluding carboxylic acids is 2. The summed E-state index contributed by atoms with van der Waals surface area (Å²) in [6.07, 6.45) is -2.73. The first-order valence-electron chi connectivity index (χ1n) is 10.2. The van der Waals surface area contributed by atoms with Crippen LogP contribution < -0.4 is 5.32 Å². The van der Waals surface area contributed by atoms with E-state index in [0.29, 0.717) is 39.0 Å². The van der Waals surface area contributed by atoms with E-state index in [1.54, 1.807) is 35.2 Å². The van der Waals surface area contributed by atoms with Gasteiger partial charge in [-0.3, -0.25) is 14.5 Å². The maximum Gasteiger partial charge on any atom is 0.416 e. The van der Waals surface area contributed by atoms with Crippen LogP contribution in [0.5, 0.6) is 0 Å². The number of hydrogen-bond donors (Lipinski definition) is 1. The number of rotatable bonds is 4. The first-order valence-corrected chi connectivity index (χ1v) is 11.5. The molecule has 4 rings (SSSR count). The Morgan fingerprint density at radius 1 is 1.12 bits per heavy atom. The molecular weight excluding hydrogens is 471 g/mol. The smallest absolute Gasteiger partial charge is 0.336 e. The van der Waals surface area contributed by atoms with Gasteiger partial charge in [0.05, 0.1) is 17.0 Å². The molecule has 2 aliphatic rings. The molecule has 0 radical (unpaired) electrons. The molecule has 5 nitrogen and oxygen atoms in total. The van der Waals surface area contributed by atoms with Gasteiger partial charge in [-0.2, -0.15) is 13.2 Å². The Balaban J connectivity index is 1.48. The molecule has 1 N–H and O–H groups in total. The molecule has 0 unspecified atom stereocenters. The van der Waals surface area contributed by atoms with E-state index < -0.39 is 11.7 Å². The number of alkyl halides is 3. The van der Waals surface area contributed by atoms with Crippen LogP contribution in [0, 0.1) is 0 Å². The minimum absolute atomic E-state index is 0.0541. The van der Waals surface area contributed by atoms with Crippen molar-refractivity contribution in [2.45, 2.75) is 12.7 Å². The molecule has 172 valence electrons. The van der Waals surface area contributed by atoms with Gasteiger partial charge < -0.3 is 10.2 Å². The van der Waals surface area contributed by atoms with Crippen molar-refractivity contribution < 1.29 is 22.8 Å². The summed E-state index contributed by atoms with van der Waals surface area (Å²) >= 11 is 6.46. The average Bonchev–Trinajstić information content (AvgIpc) is 3.06. The molecule has 2 amide bonds. The molecule has 0 saturated carbocycles. The van der Waals surface area contributed by atoms with Crippen LogP contribution in [-0.2, 0) is 17.5 Å². The van der Waals surface area contributed by atoms with Gasteiger partial charge in [0.15, 0.2) is 0 Å². The van der Waals surface area contributed by atoms with E-state index in [1.165, 1.54) is 17.0 Å². The summed E-state index contributed by atoms with van der Waals surface area (Å²) < 4.78 is 38.6. The average molecular weight is 492 g/mol. The number of carbonyl (C=O) groups is 2. The number of hydrogen-bond acceptors (Lipinski definition) is 5. The largest absolute Gasteiger partial charge is 0.416 e. The molecule has 0 aliphatic carbocycles. The van der Waals surface area contributed by atoms with Crippen molar-refractivity contribution in [2.24, 2.45) is 0 Å². The van der Waals surface area contributed by atoms with E-state index in [9.17, 15) is 22.8 Å². The fourth-order valence-electron chi connectivity index (χ4n) is 3.58. The zero-order valence-electron chi connectivity index (χ0n) is 17.4. The van der Waals surface area contributed by atoms with Crippen LogP contribution >= 0.6 is 24.0 Å². The van der Waals surface area contributed by atoms with Gasteiger partial charge in [0.2, 0.25) is 0 Å². The molecule has 10 heteroatoms. The molecule has 2 fully saturated rings. The number of halogens is 3. The lowest BCUT2D eigenvalue weighted by Crippen LogP contribution is -2.46. The molecule has 0 spiro atoms. The number of amides is 2. The second kappa shape index (κ2) is 9.66. The summed E-state index contributed by atoms with van der Waals surface area (Å²) in [5.41, 5.74) is 1.05. The van der Waals surface area contributed by atoms with Crippen molar-refractivity contribution in [3.05, 3.63) is 75.7 Å². The second-order valence-electron chi connectivity index (χ2n) is 7.63. The Morgan fingerprint density at radius 3 is 2.48 bits per heavy atom. The third kappa shape index (κ3) is 5.45. The van der Waals surface area contributed by atoms with Gasteiger partial charge in [0.25, 0.3) is 11.8 Å². The van der Waals surface area contributed by atoms with Crippen molar-refractivity contribution >= 4 is 46.2 Å². The summed E-state index contributed by atoms with van der Waals surface area (Å²) in [4.78, 5) is 29.2. The van der Waals surface area contributed by atoms with Crippen LogP contribution in [0.15, 0.2) is 53.4 Å². The molecule has 2 heterocycles. The normalized spacial score (nSPS) is 18.3. The zero-order chi connectivity index (χ0) is 23.6. The van der Waals surface area contributed by atoms with Gasteiger partial charge in [-0.15, -0.1) is 0 Å². The van der Waals surface area contributed by atoms with E-state index in [2.05, 4.69) is 5.32 Å². The summed E-state index contributed by atoms with van der Waals surface area (Å²) in [6, 6.07) is 11.7. The van der Waals surface area contributed by atoms with E-state index in [-0.39, 0.29) is 18.4 Å². The quantitative estimate of drug-likeness (QED) is 0.515. The highest BCUT2D eigenvalue weighted by Crippen LogP contribution is 2.34. The predicted octanol–water partition coefficient (Wildman–Crippen LogP) is 4.15. The molecule has 0 bridgehead atoms. The SMILES string of the molecule is O=C(c1cccc(/C=C2\SC(=S)N(Cc3ccc(C(F)(F)F)cc3)C2=O)c1)N1CCNCC1. The maximum absolute atomic E-state index is 12.9. The van der Waals surface area contributed by atoms with E-state index in [1.807, 2.05) is 0 Å². The highest BCUT2D eigenvalue weighted by molar-refractivity contribution is 8.26. The molecule has 33 heavy (non-hydrogen) atoms. The Labute approximate surface area is 198 Å². The fraction of sp³-hybridized carbons (Fsp3) is 0.261. The first-order chi connectivity index (χ1) is 15.7. The van der Waals surface area contributed by atoms with Crippen LogP contribution in [0.25, 0.3) is 6.08 Å². The molecule has 0 aromatic heterocycles. The predicted molar refractivity (Wildman–Crippen MR) is 125 cm³/mol. The van der Waals surface area contributed by atoms with Crippen LogP contribution in [0.3, 0.4) is 0 Å². The lowest BCUT2D eigenvalue weighted by Gasteiger charge is -2.27. The standard InChI is InChI=1S/C23H20F3N3O2S2/c24-23(25,26)18-6-4-15(5-7-18)14-29-21(31)19(33-22(29)32)13-16-2-1-3-17(12-16)20(30)28-10-8-27-9-11-28/h1-7,12-13,27H,8-11,14H2/b19-13-. The van der Waals surface area contributed by atoms with Gasteiger partial charge in [0.1, 0.15) is 4.32 Å². The maximum atomic E-state index is 12.9. The topological polar surface area (TPSA) is 52.7 Å².